The number of nitrogens with zero attached hydrogens (tertiary/aromatic N) is 2. The van der Waals surface area contributed by atoms with Crippen molar-refractivity contribution in [3.05, 3.63) is 52.3 Å². The lowest BCUT2D eigenvalue weighted by Gasteiger charge is -2.13. The molecule has 0 radical (unpaired) electrons. The number of carbonyl (C=O) groups excluding carboxylic acids is 1. The Morgan fingerprint density at radius 2 is 2.05 bits per heavy atom. The Bertz CT molecular complexity index is 503. The predicted molar refractivity (Wildman–Crippen MR) is 70.8 cm³/mol. The molecule has 0 aliphatic rings. The van der Waals surface area contributed by atoms with Crippen molar-refractivity contribution >= 4 is 5.97 Å². The summed E-state index contributed by atoms with van der Waals surface area (Å²) in [7, 11) is 1.16. The van der Waals surface area contributed by atoms with E-state index in [9.17, 15) is 9.90 Å². The fraction of sp³-hybridized carbons (Fsp3) is 0.357. The van der Waals surface area contributed by atoms with Crippen molar-refractivity contribution in [2.24, 2.45) is 0 Å². The van der Waals surface area contributed by atoms with E-state index in [1.165, 1.54) is 0 Å². The monoisotopic (exact) mass is 261 g/mol. The number of esters is 1. The summed E-state index contributed by atoms with van der Waals surface area (Å²) in [5.74, 6) is -1.53. The van der Waals surface area contributed by atoms with Crippen molar-refractivity contribution < 1.29 is 14.6 Å². The molecule has 1 unspecified atom stereocenters. The lowest BCUT2D eigenvalue weighted by molar-refractivity contribution is -0.136. The molecule has 1 aromatic rings. The second-order valence-electron chi connectivity index (χ2n) is 4.08. The summed E-state index contributed by atoms with van der Waals surface area (Å²) in [6.45, 7) is 1.97. The lowest BCUT2D eigenvalue weighted by atomic mass is 9.91. The molecule has 0 aliphatic carbocycles. The molecule has 5 heteroatoms. The maximum absolute atomic E-state index is 11.4. The van der Waals surface area contributed by atoms with Crippen LogP contribution in [-0.4, -0.2) is 18.2 Å². The van der Waals surface area contributed by atoms with Gasteiger partial charge in [-0.1, -0.05) is 43.7 Å². The van der Waals surface area contributed by atoms with E-state index in [0.29, 0.717) is 6.42 Å². The molecular formula is C14H17N2O3+. The number of hydrogen-bond acceptors (Lipinski definition) is 4. The van der Waals surface area contributed by atoms with Gasteiger partial charge in [-0.25, -0.2) is 4.79 Å². The number of carbonyl (C=O) groups is 1. The van der Waals surface area contributed by atoms with Crippen molar-refractivity contribution in [2.45, 2.75) is 25.7 Å². The van der Waals surface area contributed by atoms with Crippen LogP contribution >= 0.6 is 0 Å². The standard InChI is InChI=1S/C14H16N2O3/c1-3-7-11(10-8-5-4-6-9-10)13(17)12(16-15)14(18)19-2/h4-6,8-9,11H,3,7H2,1-2H3/p+1. The number of aliphatic hydroxyl groups excluding tert-OH is 1. The highest BCUT2D eigenvalue weighted by molar-refractivity contribution is 5.90. The Kier molecular flexibility index (Phi) is 5.55. The number of rotatable bonds is 5. The van der Waals surface area contributed by atoms with Gasteiger partial charge in [0.15, 0.2) is 4.98 Å². The van der Waals surface area contributed by atoms with Crippen molar-refractivity contribution in [1.82, 2.24) is 0 Å². The highest BCUT2D eigenvalue weighted by atomic mass is 16.5. The van der Waals surface area contributed by atoms with Crippen molar-refractivity contribution in [1.29, 1.82) is 5.39 Å². The maximum atomic E-state index is 11.4. The minimum absolute atomic E-state index is 0.276. The topological polar surface area (TPSA) is 74.7 Å². The number of aliphatic hydroxyl groups is 1. The third-order valence-electron chi connectivity index (χ3n) is 2.83. The molecule has 0 amide bonds. The first kappa shape index (κ1) is 14.7. The van der Waals surface area contributed by atoms with E-state index in [-0.39, 0.29) is 5.76 Å². The van der Waals surface area contributed by atoms with Gasteiger partial charge in [0.1, 0.15) is 0 Å². The third kappa shape index (κ3) is 3.55. The largest absolute Gasteiger partial charge is 0.505 e. The molecular weight excluding hydrogens is 244 g/mol. The Hall–Kier alpha value is -2.35. The summed E-state index contributed by atoms with van der Waals surface area (Å²) >= 11 is 0. The highest BCUT2D eigenvalue weighted by Gasteiger charge is 2.34. The smallest absolute Gasteiger partial charge is 0.504 e. The molecule has 0 aromatic heterocycles. The molecule has 5 nitrogen and oxygen atoms in total. The van der Waals surface area contributed by atoms with Crippen LogP contribution < -0.4 is 0 Å². The Labute approximate surface area is 112 Å². The van der Waals surface area contributed by atoms with E-state index in [2.05, 4.69) is 9.71 Å². The Morgan fingerprint density at radius 3 is 2.53 bits per heavy atom. The average molecular weight is 261 g/mol. The number of benzene rings is 1. The number of methoxy groups -OCH3 is 1. The molecule has 100 valence electrons. The van der Waals surface area contributed by atoms with E-state index < -0.39 is 17.6 Å². The van der Waals surface area contributed by atoms with Gasteiger partial charge in [0, 0.05) is 5.92 Å². The molecule has 0 saturated carbocycles. The fourth-order valence-corrected chi connectivity index (χ4v) is 1.89. The van der Waals surface area contributed by atoms with E-state index in [4.69, 9.17) is 5.39 Å². The molecule has 1 aromatic carbocycles. The van der Waals surface area contributed by atoms with E-state index >= 15 is 0 Å². The van der Waals surface area contributed by atoms with Gasteiger partial charge in [0.25, 0.3) is 0 Å². The van der Waals surface area contributed by atoms with Gasteiger partial charge in [-0.3, -0.25) is 0 Å². The third-order valence-corrected chi connectivity index (χ3v) is 2.83. The minimum Gasteiger partial charge on any atom is -0.504 e. The molecule has 1 rings (SSSR count). The Morgan fingerprint density at radius 1 is 1.42 bits per heavy atom. The fourth-order valence-electron chi connectivity index (χ4n) is 1.89. The van der Waals surface area contributed by atoms with Gasteiger partial charge >= 0.3 is 11.7 Å². The van der Waals surface area contributed by atoms with Crippen LogP contribution in [0.15, 0.2) is 41.8 Å². The summed E-state index contributed by atoms with van der Waals surface area (Å²) in [5.41, 5.74) is 0.400. The van der Waals surface area contributed by atoms with Crippen LogP contribution in [0.1, 0.15) is 31.2 Å². The van der Waals surface area contributed by atoms with Gasteiger partial charge in [-0.2, -0.15) is 0 Å². The van der Waals surface area contributed by atoms with Crippen LogP contribution in [-0.2, 0) is 9.53 Å². The molecule has 0 saturated heterocycles. The second-order valence-corrected chi connectivity index (χ2v) is 4.08. The molecule has 0 heterocycles. The number of diazo groups is 1. The molecule has 0 bridgehead atoms. The molecule has 0 spiro atoms. The van der Waals surface area contributed by atoms with Crippen molar-refractivity contribution in [3.8, 4) is 0 Å². The van der Waals surface area contributed by atoms with Gasteiger partial charge in [-0.05, 0) is 12.0 Å². The van der Waals surface area contributed by atoms with Crippen LogP contribution in [0.2, 0.25) is 0 Å². The summed E-state index contributed by atoms with van der Waals surface area (Å²) in [5, 5.41) is 19.0. The second kappa shape index (κ2) is 7.17. The zero-order valence-electron chi connectivity index (χ0n) is 11.0. The van der Waals surface area contributed by atoms with E-state index in [1.54, 1.807) is 0 Å². The molecule has 0 fully saturated rings. The summed E-state index contributed by atoms with van der Waals surface area (Å²) in [6.07, 6.45) is 1.44. The lowest BCUT2D eigenvalue weighted by Crippen LogP contribution is -2.11. The molecule has 1 atom stereocenters. The minimum atomic E-state index is -0.864. The number of ether oxygens (including phenoxy) is 1. The summed E-state index contributed by atoms with van der Waals surface area (Å²) in [6, 6.07) is 9.26. The van der Waals surface area contributed by atoms with Crippen LogP contribution in [0.4, 0.5) is 0 Å². The van der Waals surface area contributed by atoms with E-state index in [1.807, 2.05) is 37.3 Å². The van der Waals surface area contributed by atoms with Crippen LogP contribution in [0.3, 0.4) is 0 Å². The van der Waals surface area contributed by atoms with Gasteiger partial charge in [0.2, 0.25) is 11.2 Å². The number of allylic oxidation sites excluding steroid dienone is 1. The normalized spacial score (nSPS) is 13.1. The molecule has 1 N–H and O–H groups in total. The predicted octanol–water partition coefficient (Wildman–Crippen LogP) is 3.37. The SMILES string of the molecule is CCCC(/C(O)=C(\[N+]#N)C(=O)OC)c1ccccc1. The van der Waals surface area contributed by atoms with E-state index in [0.717, 1.165) is 19.1 Å². The van der Waals surface area contributed by atoms with Crippen molar-refractivity contribution in [2.75, 3.05) is 7.11 Å². The molecule has 0 aliphatic heterocycles. The first-order valence-electron chi connectivity index (χ1n) is 6.07. The van der Waals surface area contributed by atoms with Gasteiger partial charge < -0.3 is 9.84 Å². The highest BCUT2D eigenvalue weighted by Crippen LogP contribution is 2.30. The van der Waals surface area contributed by atoms with Gasteiger partial charge in [-0.15, -0.1) is 0 Å². The van der Waals surface area contributed by atoms with Crippen LogP contribution in [0, 0.1) is 5.39 Å². The van der Waals surface area contributed by atoms with Crippen LogP contribution in [0.25, 0.3) is 4.98 Å². The van der Waals surface area contributed by atoms with Crippen LogP contribution in [0.5, 0.6) is 0 Å². The average Bonchev–Trinajstić information content (AvgIpc) is 2.46. The van der Waals surface area contributed by atoms with Gasteiger partial charge in [0.05, 0.1) is 7.11 Å². The quantitative estimate of drug-likeness (QED) is 0.381. The zero-order valence-corrected chi connectivity index (χ0v) is 11.0. The zero-order chi connectivity index (χ0) is 14.3. The Balaban J connectivity index is 3.22. The summed E-state index contributed by atoms with van der Waals surface area (Å²) < 4.78 is 4.48. The summed E-state index contributed by atoms with van der Waals surface area (Å²) in [4.78, 5) is 14.3. The van der Waals surface area contributed by atoms with Crippen molar-refractivity contribution in [3.63, 3.8) is 0 Å². The first-order chi connectivity index (χ1) is 9.15. The number of hydrogen-bond donors (Lipinski definition) is 1. The maximum Gasteiger partial charge on any atom is 0.505 e. The first-order valence-corrected chi connectivity index (χ1v) is 6.07. The molecule has 19 heavy (non-hydrogen) atoms.